The van der Waals surface area contributed by atoms with Crippen molar-refractivity contribution in [2.24, 2.45) is 5.92 Å². The van der Waals surface area contributed by atoms with Gasteiger partial charge in [0.25, 0.3) is 5.91 Å². The zero-order valence-corrected chi connectivity index (χ0v) is 19.1. The molecular formula is C26H27FN6O. The molecule has 8 heteroatoms. The van der Waals surface area contributed by atoms with Gasteiger partial charge >= 0.3 is 0 Å². The van der Waals surface area contributed by atoms with Crippen molar-refractivity contribution in [3.05, 3.63) is 83.3 Å². The summed E-state index contributed by atoms with van der Waals surface area (Å²) in [6.07, 6.45) is 3.66. The number of hydrogen-bond donors (Lipinski definition) is 1. The Morgan fingerprint density at radius 3 is 2.74 bits per heavy atom. The fraction of sp³-hybridized carbons (Fsp3) is 0.308. The van der Waals surface area contributed by atoms with Gasteiger partial charge in [-0.3, -0.25) is 9.69 Å². The van der Waals surface area contributed by atoms with Crippen LogP contribution in [0.5, 0.6) is 0 Å². The van der Waals surface area contributed by atoms with Gasteiger partial charge in [-0.05, 0) is 74.7 Å². The number of pyridine rings is 1. The zero-order valence-electron chi connectivity index (χ0n) is 19.1. The number of carbonyl (C=O) groups is 1. The predicted molar refractivity (Wildman–Crippen MR) is 128 cm³/mol. The standard InChI is InChI=1S/C26H27FN6O/c1-18-21(7-4-10-24(18)33-25-23(30-31-33)9-5-13-28-25)26(34)29-16-19-11-14-32(15-12-19)17-20-6-2-3-8-22(20)27/h2-10,13,19H,11-12,14-17H2,1H3,(H,29,34). The number of fused-ring (bicyclic) bond motifs is 1. The largest absolute Gasteiger partial charge is 0.352 e. The summed E-state index contributed by atoms with van der Waals surface area (Å²) in [5, 5.41) is 11.5. The van der Waals surface area contributed by atoms with E-state index in [0.29, 0.717) is 35.7 Å². The Morgan fingerprint density at radius 2 is 1.91 bits per heavy atom. The van der Waals surface area contributed by atoms with Crippen LogP contribution in [0.4, 0.5) is 4.39 Å². The summed E-state index contributed by atoms with van der Waals surface area (Å²) >= 11 is 0. The van der Waals surface area contributed by atoms with Crippen molar-refractivity contribution in [2.75, 3.05) is 19.6 Å². The summed E-state index contributed by atoms with van der Waals surface area (Å²) in [4.78, 5) is 19.7. The Balaban J connectivity index is 1.20. The molecule has 4 aromatic rings. The van der Waals surface area contributed by atoms with E-state index in [9.17, 15) is 9.18 Å². The first-order valence-electron chi connectivity index (χ1n) is 11.6. The van der Waals surface area contributed by atoms with Gasteiger partial charge in [-0.15, -0.1) is 5.10 Å². The molecule has 1 aliphatic rings. The second-order valence-electron chi connectivity index (χ2n) is 8.82. The molecule has 0 bridgehead atoms. The molecule has 7 nitrogen and oxygen atoms in total. The second-order valence-corrected chi connectivity index (χ2v) is 8.82. The van der Waals surface area contributed by atoms with Gasteiger partial charge < -0.3 is 5.32 Å². The molecule has 1 fully saturated rings. The molecule has 1 amide bonds. The molecule has 0 spiro atoms. The molecular weight excluding hydrogens is 431 g/mol. The van der Waals surface area contributed by atoms with Crippen LogP contribution in [-0.2, 0) is 6.54 Å². The molecule has 0 atom stereocenters. The molecule has 0 aliphatic carbocycles. The van der Waals surface area contributed by atoms with E-state index in [1.165, 1.54) is 6.07 Å². The number of rotatable bonds is 6. The molecule has 0 unspecified atom stereocenters. The number of halogens is 1. The molecule has 1 saturated heterocycles. The van der Waals surface area contributed by atoms with Crippen LogP contribution in [0.2, 0.25) is 0 Å². The lowest BCUT2D eigenvalue weighted by Gasteiger charge is -2.32. The third kappa shape index (κ3) is 4.54. The van der Waals surface area contributed by atoms with Crippen LogP contribution in [-0.4, -0.2) is 50.4 Å². The fourth-order valence-electron chi connectivity index (χ4n) is 4.57. The number of carbonyl (C=O) groups excluding carboxylic acids is 1. The van der Waals surface area contributed by atoms with Crippen molar-refractivity contribution in [1.82, 2.24) is 30.2 Å². The van der Waals surface area contributed by atoms with Crippen LogP contribution >= 0.6 is 0 Å². The highest BCUT2D eigenvalue weighted by atomic mass is 19.1. The van der Waals surface area contributed by atoms with Crippen molar-refractivity contribution in [3.8, 4) is 5.69 Å². The number of nitrogens with zero attached hydrogens (tertiary/aromatic N) is 5. The molecule has 1 aliphatic heterocycles. The van der Waals surface area contributed by atoms with Crippen LogP contribution in [0, 0.1) is 18.7 Å². The number of hydrogen-bond acceptors (Lipinski definition) is 5. The SMILES string of the molecule is Cc1c(C(=O)NCC2CCN(Cc3ccccc3F)CC2)cccc1-n1nnc2cccnc21. The molecule has 1 N–H and O–H groups in total. The molecule has 34 heavy (non-hydrogen) atoms. The first-order valence-corrected chi connectivity index (χ1v) is 11.6. The minimum Gasteiger partial charge on any atom is -0.352 e. The maximum absolute atomic E-state index is 13.9. The van der Waals surface area contributed by atoms with Gasteiger partial charge in [0.05, 0.1) is 5.69 Å². The number of aromatic nitrogens is 4. The highest BCUT2D eigenvalue weighted by molar-refractivity contribution is 5.96. The average molecular weight is 459 g/mol. The Bertz CT molecular complexity index is 1310. The van der Waals surface area contributed by atoms with Crippen LogP contribution in [0.3, 0.4) is 0 Å². The van der Waals surface area contributed by atoms with Crippen LogP contribution in [0.15, 0.2) is 60.8 Å². The average Bonchev–Trinajstić information content (AvgIpc) is 3.29. The third-order valence-electron chi connectivity index (χ3n) is 6.60. The van der Waals surface area contributed by atoms with Crippen molar-refractivity contribution >= 4 is 17.1 Å². The summed E-state index contributed by atoms with van der Waals surface area (Å²) in [5.41, 5.74) is 4.34. The highest BCUT2D eigenvalue weighted by Crippen LogP contribution is 2.22. The summed E-state index contributed by atoms with van der Waals surface area (Å²) in [6.45, 7) is 4.97. The van der Waals surface area contributed by atoms with E-state index in [-0.39, 0.29) is 11.7 Å². The first-order chi connectivity index (χ1) is 16.6. The second kappa shape index (κ2) is 9.69. The van der Waals surface area contributed by atoms with Crippen LogP contribution in [0.25, 0.3) is 16.9 Å². The predicted octanol–water partition coefficient (Wildman–Crippen LogP) is 3.91. The molecule has 2 aromatic heterocycles. The number of amides is 1. The molecule has 5 rings (SSSR count). The Morgan fingerprint density at radius 1 is 1.09 bits per heavy atom. The minimum absolute atomic E-state index is 0.0921. The molecule has 0 radical (unpaired) electrons. The van der Waals surface area contributed by atoms with E-state index in [1.807, 2.05) is 49.4 Å². The Kier molecular flexibility index (Phi) is 6.31. The Hall–Kier alpha value is -3.65. The lowest BCUT2D eigenvalue weighted by Crippen LogP contribution is -2.38. The van der Waals surface area contributed by atoms with E-state index in [1.54, 1.807) is 16.9 Å². The third-order valence-corrected chi connectivity index (χ3v) is 6.60. The maximum Gasteiger partial charge on any atom is 0.251 e. The molecule has 0 saturated carbocycles. The van der Waals surface area contributed by atoms with Gasteiger partial charge in [0.15, 0.2) is 5.65 Å². The molecule has 3 heterocycles. The van der Waals surface area contributed by atoms with E-state index in [2.05, 4.69) is 25.5 Å². The topological polar surface area (TPSA) is 75.9 Å². The number of piperidine rings is 1. The maximum atomic E-state index is 13.9. The smallest absolute Gasteiger partial charge is 0.251 e. The number of benzene rings is 2. The lowest BCUT2D eigenvalue weighted by molar-refractivity contribution is 0.0934. The van der Waals surface area contributed by atoms with Crippen LogP contribution < -0.4 is 5.32 Å². The van der Waals surface area contributed by atoms with Crippen molar-refractivity contribution < 1.29 is 9.18 Å². The quantitative estimate of drug-likeness (QED) is 0.474. The van der Waals surface area contributed by atoms with Gasteiger partial charge in [-0.1, -0.05) is 29.5 Å². The monoisotopic (exact) mass is 458 g/mol. The number of nitrogens with one attached hydrogen (secondary N) is 1. The minimum atomic E-state index is -0.149. The molecule has 2 aromatic carbocycles. The van der Waals surface area contributed by atoms with E-state index in [4.69, 9.17) is 0 Å². The number of likely N-dealkylation sites (tertiary alicyclic amines) is 1. The van der Waals surface area contributed by atoms with Gasteiger partial charge in [0.1, 0.15) is 11.3 Å². The summed E-state index contributed by atoms with van der Waals surface area (Å²) in [6, 6.07) is 16.2. The normalized spacial score (nSPS) is 15.0. The fourth-order valence-corrected chi connectivity index (χ4v) is 4.57. The van der Waals surface area contributed by atoms with E-state index in [0.717, 1.165) is 42.7 Å². The van der Waals surface area contributed by atoms with Crippen molar-refractivity contribution in [3.63, 3.8) is 0 Å². The summed E-state index contributed by atoms with van der Waals surface area (Å²) < 4.78 is 15.6. The van der Waals surface area contributed by atoms with Gasteiger partial charge in [0.2, 0.25) is 0 Å². The van der Waals surface area contributed by atoms with Crippen molar-refractivity contribution in [2.45, 2.75) is 26.3 Å². The molecule has 174 valence electrons. The first kappa shape index (κ1) is 22.2. The Labute approximate surface area is 197 Å². The van der Waals surface area contributed by atoms with Gasteiger partial charge in [-0.25, -0.2) is 9.37 Å². The van der Waals surface area contributed by atoms with Crippen LogP contribution in [0.1, 0.15) is 34.3 Å². The highest BCUT2D eigenvalue weighted by Gasteiger charge is 2.22. The lowest BCUT2D eigenvalue weighted by atomic mass is 9.96. The van der Waals surface area contributed by atoms with E-state index < -0.39 is 0 Å². The summed E-state index contributed by atoms with van der Waals surface area (Å²) in [7, 11) is 0. The van der Waals surface area contributed by atoms with Gasteiger partial charge in [0, 0.05) is 30.4 Å². The van der Waals surface area contributed by atoms with Gasteiger partial charge in [-0.2, -0.15) is 4.68 Å². The summed E-state index contributed by atoms with van der Waals surface area (Å²) in [5.74, 6) is 0.169. The van der Waals surface area contributed by atoms with Crippen molar-refractivity contribution in [1.29, 1.82) is 0 Å². The van der Waals surface area contributed by atoms with E-state index >= 15 is 0 Å². The zero-order chi connectivity index (χ0) is 23.5.